The molecular formula is C8H7BN2. The Kier molecular flexibility index (Phi) is 1.25. The van der Waals surface area contributed by atoms with Crippen molar-refractivity contribution in [2.75, 3.05) is 0 Å². The Morgan fingerprint density at radius 3 is 3.09 bits per heavy atom. The van der Waals surface area contributed by atoms with Gasteiger partial charge in [-0.2, -0.15) is 5.10 Å². The molecule has 0 aliphatic carbocycles. The SMILES string of the molecule is [B]c1ccc2nn(C)cc2c1. The number of benzene rings is 1. The van der Waals surface area contributed by atoms with Crippen molar-refractivity contribution in [1.82, 2.24) is 9.78 Å². The highest BCUT2D eigenvalue weighted by molar-refractivity contribution is 6.33. The van der Waals surface area contributed by atoms with Gasteiger partial charge in [0.15, 0.2) is 0 Å². The highest BCUT2D eigenvalue weighted by Gasteiger charge is 1.95. The predicted molar refractivity (Wildman–Crippen MR) is 46.1 cm³/mol. The van der Waals surface area contributed by atoms with Crippen molar-refractivity contribution >= 4 is 24.2 Å². The fourth-order valence-electron chi connectivity index (χ4n) is 1.17. The molecular weight excluding hydrogens is 135 g/mol. The van der Waals surface area contributed by atoms with E-state index in [1.165, 1.54) is 0 Å². The monoisotopic (exact) mass is 142 g/mol. The molecule has 0 bridgehead atoms. The molecule has 0 aliphatic rings. The molecule has 0 aliphatic heterocycles. The van der Waals surface area contributed by atoms with Crippen LogP contribution in [0.1, 0.15) is 0 Å². The Labute approximate surface area is 66.2 Å². The molecule has 1 heterocycles. The van der Waals surface area contributed by atoms with Crippen molar-refractivity contribution in [3.05, 3.63) is 24.4 Å². The lowest BCUT2D eigenvalue weighted by atomic mass is 9.95. The van der Waals surface area contributed by atoms with Gasteiger partial charge in [0.1, 0.15) is 7.85 Å². The minimum atomic E-state index is 0.783. The zero-order chi connectivity index (χ0) is 7.84. The molecule has 0 spiro atoms. The first-order chi connectivity index (χ1) is 5.25. The van der Waals surface area contributed by atoms with E-state index in [0.717, 1.165) is 16.4 Å². The Morgan fingerprint density at radius 1 is 1.45 bits per heavy atom. The van der Waals surface area contributed by atoms with E-state index in [1.54, 1.807) is 4.68 Å². The Hall–Kier alpha value is -1.25. The molecule has 0 fully saturated rings. The predicted octanol–water partition coefficient (Wildman–Crippen LogP) is 0.367. The number of aromatic nitrogens is 2. The number of rotatable bonds is 0. The van der Waals surface area contributed by atoms with Gasteiger partial charge in [0.2, 0.25) is 0 Å². The summed E-state index contributed by atoms with van der Waals surface area (Å²) in [6.45, 7) is 0. The zero-order valence-corrected chi connectivity index (χ0v) is 6.28. The van der Waals surface area contributed by atoms with Gasteiger partial charge in [-0.1, -0.05) is 17.6 Å². The summed E-state index contributed by atoms with van der Waals surface area (Å²) in [6, 6.07) is 5.70. The van der Waals surface area contributed by atoms with E-state index in [4.69, 9.17) is 7.85 Å². The maximum absolute atomic E-state index is 5.60. The van der Waals surface area contributed by atoms with Crippen molar-refractivity contribution in [1.29, 1.82) is 0 Å². The summed E-state index contributed by atoms with van der Waals surface area (Å²) < 4.78 is 1.78. The average Bonchev–Trinajstić information content (AvgIpc) is 2.27. The Morgan fingerprint density at radius 2 is 2.27 bits per heavy atom. The molecule has 0 amide bonds. The first-order valence-corrected chi connectivity index (χ1v) is 3.44. The maximum Gasteiger partial charge on any atom is 0.113 e. The molecule has 2 rings (SSSR count). The molecule has 2 nitrogen and oxygen atoms in total. The second kappa shape index (κ2) is 2.12. The number of hydrogen-bond acceptors (Lipinski definition) is 1. The topological polar surface area (TPSA) is 17.8 Å². The maximum atomic E-state index is 5.60. The second-order valence-electron chi connectivity index (χ2n) is 2.62. The molecule has 52 valence electrons. The van der Waals surface area contributed by atoms with Crippen molar-refractivity contribution in [3.63, 3.8) is 0 Å². The summed E-state index contributed by atoms with van der Waals surface area (Å²) in [7, 11) is 7.50. The van der Waals surface area contributed by atoms with Crippen molar-refractivity contribution in [2.24, 2.45) is 7.05 Å². The molecule has 0 saturated carbocycles. The summed E-state index contributed by atoms with van der Waals surface area (Å²) >= 11 is 0. The van der Waals surface area contributed by atoms with E-state index >= 15 is 0 Å². The van der Waals surface area contributed by atoms with Gasteiger partial charge in [0.25, 0.3) is 0 Å². The molecule has 11 heavy (non-hydrogen) atoms. The van der Waals surface area contributed by atoms with Gasteiger partial charge in [-0.25, -0.2) is 0 Å². The van der Waals surface area contributed by atoms with Gasteiger partial charge in [-0.3, -0.25) is 4.68 Å². The quantitative estimate of drug-likeness (QED) is 0.485. The second-order valence-corrected chi connectivity index (χ2v) is 2.62. The van der Waals surface area contributed by atoms with Gasteiger partial charge >= 0.3 is 0 Å². The molecule has 0 N–H and O–H groups in total. The molecule has 3 heteroatoms. The van der Waals surface area contributed by atoms with Gasteiger partial charge in [-0.05, 0) is 6.07 Å². The van der Waals surface area contributed by atoms with Crippen molar-refractivity contribution in [2.45, 2.75) is 0 Å². The summed E-state index contributed by atoms with van der Waals surface area (Å²) in [5.41, 5.74) is 1.77. The van der Waals surface area contributed by atoms with Crippen LogP contribution in [0.3, 0.4) is 0 Å². The van der Waals surface area contributed by atoms with Crippen molar-refractivity contribution < 1.29 is 0 Å². The third-order valence-corrected chi connectivity index (χ3v) is 1.64. The number of nitrogens with zero attached hydrogens (tertiary/aromatic N) is 2. The van der Waals surface area contributed by atoms with E-state index in [1.807, 2.05) is 31.4 Å². The molecule has 1 aromatic carbocycles. The minimum absolute atomic E-state index is 0.783. The average molecular weight is 142 g/mol. The third kappa shape index (κ3) is 1.02. The smallest absolute Gasteiger partial charge is 0.113 e. The van der Waals surface area contributed by atoms with Gasteiger partial charge in [0, 0.05) is 18.6 Å². The standard InChI is InChI=1S/C8H7BN2/c1-11-5-6-4-7(9)2-3-8(6)10-11/h2-5H,1H3. The lowest BCUT2D eigenvalue weighted by molar-refractivity contribution is 0.780. The number of fused-ring (bicyclic) bond motifs is 1. The minimum Gasteiger partial charge on any atom is -0.275 e. The van der Waals surface area contributed by atoms with Gasteiger partial charge in [-0.15, -0.1) is 0 Å². The van der Waals surface area contributed by atoms with Crippen LogP contribution in [-0.4, -0.2) is 17.6 Å². The van der Waals surface area contributed by atoms with Crippen LogP contribution in [0.5, 0.6) is 0 Å². The summed E-state index contributed by atoms with van der Waals surface area (Å²) in [6.07, 6.45) is 1.95. The molecule has 2 radical (unpaired) electrons. The summed E-state index contributed by atoms with van der Waals surface area (Å²) in [4.78, 5) is 0. The van der Waals surface area contributed by atoms with Crippen LogP contribution >= 0.6 is 0 Å². The fraction of sp³-hybridized carbons (Fsp3) is 0.125. The van der Waals surface area contributed by atoms with Crippen LogP contribution in [-0.2, 0) is 7.05 Å². The molecule has 0 atom stereocenters. The van der Waals surface area contributed by atoms with Crippen molar-refractivity contribution in [3.8, 4) is 0 Å². The molecule has 0 unspecified atom stereocenters. The van der Waals surface area contributed by atoms with Crippen LogP contribution in [0.15, 0.2) is 24.4 Å². The highest BCUT2D eigenvalue weighted by Crippen LogP contribution is 2.07. The normalized spacial score (nSPS) is 10.6. The van der Waals surface area contributed by atoms with Crippen LogP contribution in [0, 0.1) is 0 Å². The lowest BCUT2D eigenvalue weighted by Gasteiger charge is -1.88. The third-order valence-electron chi connectivity index (χ3n) is 1.64. The van der Waals surface area contributed by atoms with Crippen LogP contribution in [0.4, 0.5) is 0 Å². The first kappa shape index (κ1) is 6.46. The van der Waals surface area contributed by atoms with Crippen LogP contribution in [0.2, 0.25) is 0 Å². The fourth-order valence-corrected chi connectivity index (χ4v) is 1.17. The number of aryl methyl sites for hydroxylation is 1. The Bertz CT molecular complexity index is 392. The van der Waals surface area contributed by atoms with Gasteiger partial charge in [0.05, 0.1) is 5.52 Å². The highest BCUT2D eigenvalue weighted by atomic mass is 15.2. The molecule has 1 aromatic heterocycles. The van der Waals surface area contributed by atoms with Gasteiger partial charge < -0.3 is 0 Å². The summed E-state index contributed by atoms with van der Waals surface area (Å²) in [5, 5.41) is 5.31. The molecule has 0 saturated heterocycles. The van der Waals surface area contributed by atoms with E-state index in [0.29, 0.717) is 0 Å². The van der Waals surface area contributed by atoms with E-state index in [-0.39, 0.29) is 0 Å². The van der Waals surface area contributed by atoms with Crippen LogP contribution in [0.25, 0.3) is 10.9 Å². The van der Waals surface area contributed by atoms with E-state index in [9.17, 15) is 0 Å². The van der Waals surface area contributed by atoms with E-state index < -0.39 is 0 Å². The zero-order valence-electron chi connectivity index (χ0n) is 6.28. The molecule has 2 aromatic rings. The lowest BCUT2D eigenvalue weighted by Crippen LogP contribution is -1.98. The number of hydrogen-bond donors (Lipinski definition) is 0. The Balaban J connectivity index is 2.82. The van der Waals surface area contributed by atoms with Crippen LogP contribution < -0.4 is 5.46 Å². The first-order valence-electron chi connectivity index (χ1n) is 3.44. The summed E-state index contributed by atoms with van der Waals surface area (Å²) in [5.74, 6) is 0. The van der Waals surface area contributed by atoms with E-state index in [2.05, 4.69) is 5.10 Å². The largest absolute Gasteiger partial charge is 0.275 e.